The highest BCUT2D eigenvalue weighted by Gasteiger charge is 2.18. The number of carbonyl (C=O) groups is 1. The smallest absolute Gasteiger partial charge is 0.237 e. The van der Waals surface area contributed by atoms with Crippen molar-refractivity contribution in [1.82, 2.24) is 20.5 Å². The van der Waals surface area contributed by atoms with E-state index in [0.29, 0.717) is 12.4 Å². The predicted molar refractivity (Wildman–Crippen MR) is 55.7 cm³/mol. The number of H-pyrrole nitrogens is 1. The molecule has 0 aliphatic heterocycles. The van der Waals surface area contributed by atoms with Crippen molar-refractivity contribution in [2.24, 2.45) is 11.7 Å². The molecule has 1 aromatic rings. The Labute approximate surface area is 88.7 Å². The highest BCUT2D eigenvalue weighted by Crippen LogP contribution is 2.04. The normalized spacial score (nSPS) is 14.6. The molecule has 4 N–H and O–H groups in total. The Hall–Kier alpha value is -1.43. The van der Waals surface area contributed by atoms with E-state index in [1.165, 1.54) is 6.33 Å². The molecule has 15 heavy (non-hydrogen) atoms. The Bertz CT molecular complexity index is 297. The van der Waals surface area contributed by atoms with Gasteiger partial charge in [0.1, 0.15) is 12.2 Å². The Morgan fingerprint density at radius 2 is 2.47 bits per heavy atom. The molecule has 0 saturated heterocycles. The summed E-state index contributed by atoms with van der Waals surface area (Å²) in [5.41, 5.74) is 5.75. The van der Waals surface area contributed by atoms with Gasteiger partial charge < -0.3 is 11.1 Å². The van der Waals surface area contributed by atoms with Crippen molar-refractivity contribution in [3.63, 3.8) is 0 Å². The van der Waals surface area contributed by atoms with Crippen LogP contribution in [0.5, 0.6) is 0 Å². The van der Waals surface area contributed by atoms with Gasteiger partial charge in [-0.2, -0.15) is 5.10 Å². The van der Waals surface area contributed by atoms with Gasteiger partial charge >= 0.3 is 0 Å². The number of aromatic amines is 1. The molecular weight excluding hydrogens is 194 g/mol. The second kappa shape index (κ2) is 5.45. The minimum atomic E-state index is -0.460. The number of nitrogens with zero attached hydrogens (tertiary/aromatic N) is 2. The third-order valence-electron chi connectivity index (χ3n) is 2.45. The number of amides is 1. The topological polar surface area (TPSA) is 96.7 Å². The maximum Gasteiger partial charge on any atom is 0.237 e. The van der Waals surface area contributed by atoms with Gasteiger partial charge in [-0.3, -0.25) is 9.89 Å². The van der Waals surface area contributed by atoms with Crippen LogP contribution < -0.4 is 11.1 Å². The molecule has 0 saturated carbocycles. The molecule has 0 spiro atoms. The predicted octanol–water partition coefficient (Wildman–Crippen LogP) is -0.206. The van der Waals surface area contributed by atoms with E-state index in [4.69, 9.17) is 5.73 Å². The molecule has 1 rings (SSSR count). The largest absolute Gasteiger partial charge is 0.347 e. The zero-order valence-electron chi connectivity index (χ0n) is 9.03. The first-order valence-corrected chi connectivity index (χ1v) is 5.02. The lowest BCUT2D eigenvalue weighted by Gasteiger charge is -2.17. The van der Waals surface area contributed by atoms with Crippen LogP contribution in [0.2, 0.25) is 0 Å². The van der Waals surface area contributed by atoms with Crippen LogP contribution in [0.1, 0.15) is 26.1 Å². The Morgan fingerprint density at radius 1 is 1.73 bits per heavy atom. The summed E-state index contributed by atoms with van der Waals surface area (Å²) in [6, 6.07) is -0.460. The van der Waals surface area contributed by atoms with Crippen molar-refractivity contribution >= 4 is 5.91 Å². The van der Waals surface area contributed by atoms with E-state index < -0.39 is 6.04 Å². The molecule has 84 valence electrons. The van der Waals surface area contributed by atoms with Gasteiger partial charge in [-0.1, -0.05) is 20.3 Å². The molecule has 6 nitrogen and oxygen atoms in total. The van der Waals surface area contributed by atoms with E-state index >= 15 is 0 Å². The first kappa shape index (κ1) is 11.6. The summed E-state index contributed by atoms with van der Waals surface area (Å²) in [5, 5.41) is 9.04. The van der Waals surface area contributed by atoms with Crippen molar-refractivity contribution in [2.45, 2.75) is 32.9 Å². The zero-order valence-corrected chi connectivity index (χ0v) is 9.03. The number of carbonyl (C=O) groups excluding carboxylic acids is 1. The van der Waals surface area contributed by atoms with E-state index in [1.807, 2.05) is 13.8 Å². The minimum Gasteiger partial charge on any atom is -0.347 e. The van der Waals surface area contributed by atoms with Crippen LogP contribution in [0.4, 0.5) is 0 Å². The molecule has 0 aromatic carbocycles. The molecule has 0 aliphatic carbocycles. The third-order valence-corrected chi connectivity index (χ3v) is 2.45. The van der Waals surface area contributed by atoms with Gasteiger partial charge in [0, 0.05) is 0 Å². The second-order valence-corrected chi connectivity index (χ2v) is 3.56. The van der Waals surface area contributed by atoms with E-state index in [2.05, 4.69) is 20.5 Å². The molecule has 0 fully saturated rings. The highest BCUT2D eigenvalue weighted by atomic mass is 16.2. The quantitative estimate of drug-likeness (QED) is 0.628. The lowest BCUT2D eigenvalue weighted by atomic mass is 9.99. The molecule has 1 heterocycles. The van der Waals surface area contributed by atoms with E-state index in [1.54, 1.807) is 0 Å². The van der Waals surface area contributed by atoms with Crippen LogP contribution in [0.3, 0.4) is 0 Å². The molecule has 1 amide bonds. The Morgan fingerprint density at radius 3 is 3.00 bits per heavy atom. The van der Waals surface area contributed by atoms with Gasteiger partial charge in [-0.05, 0) is 5.92 Å². The van der Waals surface area contributed by atoms with Gasteiger partial charge in [0.15, 0.2) is 0 Å². The van der Waals surface area contributed by atoms with Gasteiger partial charge in [-0.25, -0.2) is 4.98 Å². The SMILES string of the molecule is CCC(C)C(N)C(=O)NCc1ncn[nH]1. The molecule has 0 bridgehead atoms. The van der Waals surface area contributed by atoms with E-state index in [-0.39, 0.29) is 11.8 Å². The lowest BCUT2D eigenvalue weighted by molar-refractivity contribution is -0.123. The maximum absolute atomic E-state index is 11.5. The summed E-state index contributed by atoms with van der Waals surface area (Å²) >= 11 is 0. The standard InChI is InChI=1S/C9H17N5O/c1-3-6(2)8(10)9(15)11-4-7-12-5-13-14-7/h5-6,8H,3-4,10H2,1-2H3,(H,11,15)(H,12,13,14). The molecule has 0 radical (unpaired) electrons. The average molecular weight is 211 g/mol. The fraction of sp³-hybridized carbons (Fsp3) is 0.667. The van der Waals surface area contributed by atoms with E-state index in [9.17, 15) is 4.79 Å². The van der Waals surface area contributed by atoms with Gasteiger partial charge in [0.2, 0.25) is 5.91 Å². The van der Waals surface area contributed by atoms with Crippen molar-refractivity contribution in [1.29, 1.82) is 0 Å². The van der Waals surface area contributed by atoms with Crippen LogP contribution in [0, 0.1) is 5.92 Å². The summed E-state index contributed by atoms with van der Waals surface area (Å²) in [5.74, 6) is 0.653. The van der Waals surface area contributed by atoms with Crippen LogP contribution in [0.25, 0.3) is 0 Å². The van der Waals surface area contributed by atoms with Crippen molar-refractivity contribution in [2.75, 3.05) is 0 Å². The fourth-order valence-electron chi connectivity index (χ4n) is 1.12. The van der Waals surface area contributed by atoms with Gasteiger partial charge in [0.25, 0.3) is 0 Å². The fourth-order valence-corrected chi connectivity index (χ4v) is 1.12. The lowest BCUT2D eigenvalue weighted by Crippen LogP contribution is -2.44. The first-order chi connectivity index (χ1) is 7.15. The van der Waals surface area contributed by atoms with Crippen molar-refractivity contribution < 1.29 is 4.79 Å². The van der Waals surface area contributed by atoms with Crippen LogP contribution >= 0.6 is 0 Å². The van der Waals surface area contributed by atoms with Gasteiger partial charge in [-0.15, -0.1) is 0 Å². The van der Waals surface area contributed by atoms with Crippen LogP contribution in [0.15, 0.2) is 6.33 Å². The summed E-state index contributed by atoms with van der Waals surface area (Å²) in [7, 11) is 0. The average Bonchev–Trinajstić information content (AvgIpc) is 2.76. The molecule has 2 atom stereocenters. The summed E-state index contributed by atoms with van der Waals surface area (Å²) in [4.78, 5) is 15.4. The number of rotatable bonds is 5. The van der Waals surface area contributed by atoms with Crippen LogP contribution in [-0.2, 0) is 11.3 Å². The monoisotopic (exact) mass is 211 g/mol. The Kier molecular flexibility index (Phi) is 4.23. The number of nitrogens with two attached hydrogens (primary N) is 1. The number of hydrogen-bond acceptors (Lipinski definition) is 4. The summed E-state index contributed by atoms with van der Waals surface area (Å²) in [6.07, 6.45) is 2.28. The third kappa shape index (κ3) is 3.32. The highest BCUT2D eigenvalue weighted by molar-refractivity contribution is 5.81. The summed E-state index contributed by atoms with van der Waals surface area (Å²) in [6.45, 7) is 4.30. The van der Waals surface area contributed by atoms with Crippen molar-refractivity contribution in [3.8, 4) is 0 Å². The molecule has 0 aliphatic rings. The van der Waals surface area contributed by atoms with Crippen molar-refractivity contribution in [3.05, 3.63) is 12.2 Å². The second-order valence-electron chi connectivity index (χ2n) is 3.56. The molecule has 2 unspecified atom stereocenters. The van der Waals surface area contributed by atoms with Gasteiger partial charge in [0.05, 0.1) is 12.6 Å². The zero-order chi connectivity index (χ0) is 11.3. The molecular formula is C9H17N5O. The number of hydrogen-bond donors (Lipinski definition) is 3. The minimum absolute atomic E-state index is 0.152. The molecule has 1 aromatic heterocycles. The van der Waals surface area contributed by atoms with E-state index in [0.717, 1.165) is 6.42 Å². The number of aromatic nitrogens is 3. The number of nitrogens with one attached hydrogen (secondary N) is 2. The maximum atomic E-state index is 11.5. The van der Waals surface area contributed by atoms with Crippen LogP contribution in [-0.4, -0.2) is 27.1 Å². The first-order valence-electron chi connectivity index (χ1n) is 5.02. The Balaban J connectivity index is 2.36. The summed E-state index contributed by atoms with van der Waals surface area (Å²) < 4.78 is 0. The molecule has 6 heteroatoms.